The van der Waals surface area contributed by atoms with E-state index in [-0.39, 0.29) is 5.91 Å². The van der Waals surface area contributed by atoms with E-state index in [1.807, 2.05) is 24.9 Å². The van der Waals surface area contributed by atoms with Crippen LogP contribution in [0.3, 0.4) is 0 Å². The number of anilines is 1. The van der Waals surface area contributed by atoms with Crippen LogP contribution in [0.25, 0.3) is 0 Å². The molecule has 0 saturated heterocycles. The molecule has 1 heterocycles. The number of amides is 1. The SMILES string of the molecule is Cc1cc(Br)cnc1N(C)CC(=O)N(C)C. The number of carbonyl (C=O) groups excluding carboxylic acids is 1. The minimum atomic E-state index is 0.0617. The van der Waals surface area contributed by atoms with Crippen molar-refractivity contribution in [3.05, 3.63) is 22.3 Å². The number of pyridine rings is 1. The Bertz CT molecular complexity index is 393. The molecule has 0 aliphatic rings. The molecule has 0 radical (unpaired) electrons. The number of likely N-dealkylation sites (N-methyl/N-ethyl adjacent to an activating group) is 2. The molecule has 0 fully saturated rings. The van der Waals surface area contributed by atoms with Crippen LogP contribution in [0.2, 0.25) is 0 Å². The third kappa shape index (κ3) is 3.20. The normalized spacial score (nSPS) is 10.1. The van der Waals surface area contributed by atoms with E-state index >= 15 is 0 Å². The van der Waals surface area contributed by atoms with Crippen molar-refractivity contribution in [2.75, 3.05) is 32.6 Å². The first-order valence-electron chi connectivity index (χ1n) is 4.95. The molecule has 5 heteroatoms. The highest BCUT2D eigenvalue weighted by molar-refractivity contribution is 9.10. The minimum Gasteiger partial charge on any atom is -0.350 e. The molecule has 0 saturated carbocycles. The maximum absolute atomic E-state index is 11.6. The van der Waals surface area contributed by atoms with Gasteiger partial charge in [-0.3, -0.25) is 4.79 Å². The zero-order chi connectivity index (χ0) is 12.3. The number of aromatic nitrogens is 1. The highest BCUT2D eigenvalue weighted by atomic mass is 79.9. The first-order chi connectivity index (χ1) is 7.41. The molecule has 88 valence electrons. The molecule has 1 aromatic heterocycles. The summed E-state index contributed by atoms with van der Waals surface area (Å²) < 4.78 is 0.945. The van der Waals surface area contributed by atoms with Gasteiger partial charge in [-0.2, -0.15) is 0 Å². The van der Waals surface area contributed by atoms with Gasteiger partial charge < -0.3 is 9.80 Å². The molecular formula is C11H16BrN3O. The zero-order valence-corrected chi connectivity index (χ0v) is 11.6. The summed E-state index contributed by atoms with van der Waals surface area (Å²) >= 11 is 3.36. The molecule has 0 N–H and O–H groups in total. The molecule has 0 aromatic carbocycles. The Hall–Kier alpha value is -1.10. The maximum Gasteiger partial charge on any atom is 0.241 e. The van der Waals surface area contributed by atoms with Crippen molar-refractivity contribution in [2.24, 2.45) is 0 Å². The standard InChI is InChI=1S/C11H16BrN3O/c1-8-5-9(12)6-13-11(8)15(4)7-10(16)14(2)3/h5-6H,7H2,1-4H3. The van der Waals surface area contributed by atoms with Gasteiger partial charge in [-0.1, -0.05) is 0 Å². The average Bonchev–Trinajstić information content (AvgIpc) is 2.16. The van der Waals surface area contributed by atoms with Gasteiger partial charge in [0.05, 0.1) is 6.54 Å². The molecule has 1 amide bonds. The van der Waals surface area contributed by atoms with Gasteiger partial charge >= 0.3 is 0 Å². The molecule has 0 spiro atoms. The lowest BCUT2D eigenvalue weighted by molar-refractivity contribution is -0.127. The summed E-state index contributed by atoms with van der Waals surface area (Å²) in [6.45, 7) is 2.31. The van der Waals surface area contributed by atoms with E-state index in [0.29, 0.717) is 6.54 Å². The van der Waals surface area contributed by atoms with Crippen LogP contribution in [0.5, 0.6) is 0 Å². The molecule has 0 aliphatic heterocycles. The Balaban J connectivity index is 2.80. The van der Waals surface area contributed by atoms with Crippen molar-refractivity contribution >= 4 is 27.7 Å². The summed E-state index contributed by atoms with van der Waals surface area (Å²) in [7, 11) is 5.36. The first-order valence-corrected chi connectivity index (χ1v) is 5.74. The number of hydrogen-bond acceptors (Lipinski definition) is 3. The fraction of sp³-hybridized carbons (Fsp3) is 0.455. The van der Waals surface area contributed by atoms with Gasteiger partial charge in [-0.15, -0.1) is 0 Å². The lowest BCUT2D eigenvalue weighted by Crippen LogP contribution is -2.35. The average molecular weight is 286 g/mol. The van der Waals surface area contributed by atoms with E-state index in [2.05, 4.69) is 20.9 Å². The largest absolute Gasteiger partial charge is 0.350 e. The molecule has 0 atom stereocenters. The number of nitrogens with zero attached hydrogens (tertiary/aromatic N) is 3. The molecule has 0 bridgehead atoms. The Morgan fingerprint density at radius 3 is 2.56 bits per heavy atom. The molecule has 0 unspecified atom stereocenters. The van der Waals surface area contributed by atoms with E-state index in [9.17, 15) is 4.79 Å². The predicted molar refractivity (Wildman–Crippen MR) is 68.6 cm³/mol. The van der Waals surface area contributed by atoms with Crippen LogP contribution in [-0.4, -0.2) is 43.5 Å². The van der Waals surface area contributed by atoms with Gasteiger partial charge in [-0.05, 0) is 34.5 Å². The van der Waals surface area contributed by atoms with Crippen LogP contribution >= 0.6 is 15.9 Å². The van der Waals surface area contributed by atoms with E-state index in [4.69, 9.17) is 0 Å². The predicted octanol–water partition coefficient (Wildman–Crippen LogP) is 1.68. The van der Waals surface area contributed by atoms with E-state index in [1.165, 1.54) is 0 Å². The summed E-state index contributed by atoms with van der Waals surface area (Å²) in [5.74, 6) is 0.894. The van der Waals surface area contributed by atoms with Gasteiger partial charge in [-0.25, -0.2) is 4.98 Å². The number of hydrogen-bond donors (Lipinski definition) is 0. The van der Waals surface area contributed by atoms with Crippen LogP contribution in [0.15, 0.2) is 16.7 Å². The lowest BCUT2D eigenvalue weighted by Gasteiger charge is -2.21. The highest BCUT2D eigenvalue weighted by Crippen LogP contribution is 2.19. The van der Waals surface area contributed by atoms with Crippen molar-refractivity contribution in [3.63, 3.8) is 0 Å². The van der Waals surface area contributed by atoms with E-state index in [0.717, 1.165) is 15.9 Å². The van der Waals surface area contributed by atoms with Gasteiger partial charge in [0, 0.05) is 31.8 Å². The summed E-state index contributed by atoms with van der Waals surface area (Å²) in [6.07, 6.45) is 1.74. The van der Waals surface area contributed by atoms with E-state index < -0.39 is 0 Å². The Morgan fingerprint density at radius 1 is 1.44 bits per heavy atom. The maximum atomic E-state index is 11.6. The quantitative estimate of drug-likeness (QED) is 0.848. The van der Waals surface area contributed by atoms with Crippen molar-refractivity contribution in [1.82, 2.24) is 9.88 Å². The van der Waals surface area contributed by atoms with Crippen LogP contribution in [0.4, 0.5) is 5.82 Å². The molecule has 16 heavy (non-hydrogen) atoms. The summed E-state index contributed by atoms with van der Waals surface area (Å²) in [6, 6.07) is 1.99. The lowest BCUT2D eigenvalue weighted by atomic mass is 10.3. The second-order valence-electron chi connectivity index (χ2n) is 3.94. The number of halogens is 1. The third-order valence-corrected chi connectivity index (χ3v) is 2.68. The van der Waals surface area contributed by atoms with Gasteiger partial charge in [0.15, 0.2) is 0 Å². The van der Waals surface area contributed by atoms with Crippen LogP contribution < -0.4 is 4.90 Å². The molecular weight excluding hydrogens is 270 g/mol. The summed E-state index contributed by atoms with van der Waals surface area (Å²) in [5.41, 5.74) is 1.04. The third-order valence-electron chi connectivity index (χ3n) is 2.25. The van der Waals surface area contributed by atoms with Gasteiger partial charge in [0.2, 0.25) is 5.91 Å². The van der Waals surface area contributed by atoms with Crippen molar-refractivity contribution in [3.8, 4) is 0 Å². The molecule has 1 aromatic rings. The second kappa shape index (κ2) is 5.30. The molecule has 4 nitrogen and oxygen atoms in total. The second-order valence-corrected chi connectivity index (χ2v) is 4.85. The van der Waals surface area contributed by atoms with Crippen molar-refractivity contribution in [2.45, 2.75) is 6.92 Å². The number of rotatable bonds is 3. The van der Waals surface area contributed by atoms with E-state index in [1.54, 1.807) is 25.2 Å². The van der Waals surface area contributed by atoms with Crippen LogP contribution in [0.1, 0.15) is 5.56 Å². The van der Waals surface area contributed by atoms with Crippen molar-refractivity contribution in [1.29, 1.82) is 0 Å². The van der Waals surface area contributed by atoms with Crippen LogP contribution in [0, 0.1) is 6.92 Å². The Kier molecular flexibility index (Phi) is 4.29. The van der Waals surface area contributed by atoms with Gasteiger partial charge in [0.25, 0.3) is 0 Å². The topological polar surface area (TPSA) is 36.4 Å². The zero-order valence-electron chi connectivity index (χ0n) is 9.99. The number of aryl methyl sites for hydroxylation is 1. The Labute approximate surface area is 104 Å². The Morgan fingerprint density at radius 2 is 2.06 bits per heavy atom. The minimum absolute atomic E-state index is 0.0617. The summed E-state index contributed by atoms with van der Waals surface area (Å²) in [4.78, 5) is 19.3. The van der Waals surface area contributed by atoms with Crippen molar-refractivity contribution < 1.29 is 4.79 Å². The summed E-state index contributed by atoms with van der Waals surface area (Å²) in [5, 5.41) is 0. The number of carbonyl (C=O) groups is 1. The molecule has 1 rings (SSSR count). The smallest absolute Gasteiger partial charge is 0.241 e. The molecule has 0 aliphatic carbocycles. The fourth-order valence-electron chi connectivity index (χ4n) is 1.35. The highest BCUT2D eigenvalue weighted by Gasteiger charge is 2.12. The first kappa shape index (κ1) is 13.0. The van der Waals surface area contributed by atoms with Gasteiger partial charge in [0.1, 0.15) is 5.82 Å². The van der Waals surface area contributed by atoms with Crippen LogP contribution in [-0.2, 0) is 4.79 Å². The fourth-order valence-corrected chi connectivity index (χ4v) is 1.80. The monoisotopic (exact) mass is 285 g/mol.